The molecule has 0 atom stereocenters. The standard InChI is InChI=1S/C39H42Cl2N2O3/c1-30(31-12-4-2-5-13-31)35-28-33(40)16-18-37(35)45-26-10-8-20-42-22-24-43(25-23-42)21-9-11-27-46-38-19-17-34(41)29-36(38)39(44)32-14-6-3-7-15-32/h2-7,12-19,28-29H,1,8-11,20-27H2. The summed E-state index contributed by atoms with van der Waals surface area (Å²) in [6.45, 7) is 12.0. The summed E-state index contributed by atoms with van der Waals surface area (Å²) in [7, 11) is 0. The Morgan fingerprint density at radius 3 is 1.59 bits per heavy atom. The summed E-state index contributed by atoms with van der Waals surface area (Å²) < 4.78 is 12.2. The third-order valence-corrected chi connectivity index (χ3v) is 8.80. The average Bonchev–Trinajstić information content (AvgIpc) is 3.09. The van der Waals surface area contributed by atoms with Gasteiger partial charge in [-0.2, -0.15) is 0 Å². The number of hydrogen-bond acceptors (Lipinski definition) is 5. The lowest BCUT2D eigenvalue weighted by Crippen LogP contribution is -2.46. The van der Waals surface area contributed by atoms with E-state index in [0.29, 0.717) is 40.1 Å². The monoisotopic (exact) mass is 656 g/mol. The largest absolute Gasteiger partial charge is 0.493 e. The van der Waals surface area contributed by atoms with E-state index in [4.69, 9.17) is 32.7 Å². The quantitative estimate of drug-likeness (QED) is 0.0890. The topological polar surface area (TPSA) is 42.0 Å². The highest BCUT2D eigenvalue weighted by Gasteiger charge is 2.18. The molecule has 1 aliphatic rings. The van der Waals surface area contributed by atoms with Crippen molar-refractivity contribution in [1.29, 1.82) is 0 Å². The Labute approximate surface area is 283 Å². The Kier molecular flexibility index (Phi) is 12.7. The van der Waals surface area contributed by atoms with E-state index >= 15 is 0 Å². The smallest absolute Gasteiger partial charge is 0.196 e. The number of carbonyl (C=O) groups excluding carboxylic acids is 1. The number of hydrogen-bond donors (Lipinski definition) is 0. The summed E-state index contributed by atoms with van der Waals surface area (Å²) >= 11 is 12.5. The molecule has 0 bridgehead atoms. The van der Waals surface area contributed by atoms with Crippen molar-refractivity contribution in [1.82, 2.24) is 9.80 Å². The van der Waals surface area contributed by atoms with Crippen LogP contribution in [0.1, 0.15) is 52.7 Å². The highest BCUT2D eigenvalue weighted by Crippen LogP contribution is 2.32. The number of nitrogens with zero attached hydrogens (tertiary/aromatic N) is 2. The summed E-state index contributed by atoms with van der Waals surface area (Å²) in [4.78, 5) is 18.1. The fourth-order valence-electron chi connectivity index (χ4n) is 5.68. The maximum absolute atomic E-state index is 13.0. The summed E-state index contributed by atoms with van der Waals surface area (Å²) in [6.07, 6.45) is 4.07. The minimum Gasteiger partial charge on any atom is -0.493 e. The van der Waals surface area contributed by atoms with Gasteiger partial charge >= 0.3 is 0 Å². The molecule has 1 heterocycles. The molecule has 0 aliphatic carbocycles. The Morgan fingerprint density at radius 1 is 0.609 bits per heavy atom. The van der Waals surface area contributed by atoms with E-state index in [-0.39, 0.29) is 5.78 Å². The van der Waals surface area contributed by atoms with E-state index in [0.717, 1.165) is 87.4 Å². The number of ketones is 1. The highest BCUT2D eigenvalue weighted by atomic mass is 35.5. The van der Waals surface area contributed by atoms with Crippen molar-refractivity contribution in [2.45, 2.75) is 25.7 Å². The summed E-state index contributed by atoms with van der Waals surface area (Å²) in [5.41, 5.74) is 4.04. The Morgan fingerprint density at radius 2 is 1.07 bits per heavy atom. The first-order valence-corrected chi connectivity index (χ1v) is 16.9. The molecule has 0 saturated carbocycles. The van der Waals surface area contributed by atoms with Gasteiger partial charge in [-0.25, -0.2) is 0 Å². The van der Waals surface area contributed by atoms with Crippen LogP contribution in [0.5, 0.6) is 11.5 Å². The Balaban J connectivity index is 0.963. The van der Waals surface area contributed by atoms with Crippen molar-refractivity contribution < 1.29 is 14.3 Å². The third-order valence-electron chi connectivity index (χ3n) is 8.33. The number of rotatable bonds is 16. The van der Waals surface area contributed by atoms with E-state index in [1.807, 2.05) is 66.7 Å². The van der Waals surface area contributed by atoms with Gasteiger partial charge in [0.1, 0.15) is 11.5 Å². The van der Waals surface area contributed by atoms with Crippen molar-refractivity contribution >= 4 is 34.6 Å². The molecule has 4 aromatic rings. The van der Waals surface area contributed by atoms with Crippen LogP contribution in [-0.2, 0) is 0 Å². The van der Waals surface area contributed by atoms with Gasteiger partial charge in [0.15, 0.2) is 5.78 Å². The molecular weight excluding hydrogens is 615 g/mol. The van der Waals surface area contributed by atoms with E-state index in [2.05, 4.69) is 28.5 Å². The number of benzene rings is 4. The van der Waals surface area contributed by atoms with E-state index in [1.165, 1.54) is 0 Å². The molecule has 0 amide bonds. The van der Waals surface area contributed by atoms with Crippen molar-refractivity contribution in [3.63, 3.8) is 0 Å². The molecule has 4 aromatic carbocycles. The van der Waals surface area contributed by atoms with E-state index in [9.17, 15) is 4.79 Å². The molecule has 0 spiro atoms. The fourth-order valence-corrected chi connectivity index (χ4v) is 6.03. The number of piperazine rings is 1. The molecule has 240 valence electrons. The predicted octanol–water partition coefficient (Wildman–Crippen LogP) is 8.92. The maximum atomic E-state index is 13.0. The second-order valence-electron chi connectivity index (χ2n) is 11.6. The molecule has 1 aliphatic heterocycles. The molecule has 5 nitrogen and oxygen atoms in total. The van der Waals surface area contributed by atoms with Crippen LogP contribution in [-0.4, -0.2) is 68.1 Å². The Hall–Kier alpha value is -3.61. The van der Waals surface area contributed by atoms with Gasteiger partial charge in [-0.3, -0.25) is 4.79 Å². The van der Waals surface area contributed by atoms with Crippen molar-refractivity contribution in [3.05, 3.63) is 136 Å². The van der Waals surface area contributed by atoms with Crippen LogP contribution in [0.15, 0.2) is 104 Å². The molecule has 0 radical (unpaired) electrons. The van der Waals surface area contributed by atoms with Crippen molar-refractivity contribution in [2.24, 2.45) is 0 Å². The second-order valence-corrected chi connectivity index (χ2v) is 12.5. The van der Waals surface area contributed by atoms with Gasteiger partial charge in [-0.15, -0.1) is 0 Å². The first-order valence-electron chi connectivity index (χ1n) is 16.1. The zero-order valence-corrected chi connectivity index (χ0v) is 27.8. The molecule has 0 aromatic heterocycles. The molecule has 5 rings (SSSR count). The molecule has 0 unspecified atom stereocenters. The lowest BCUT2D eigenvalue weighted by molar-refractivity contribution is 0.103. The fraction of sp³-hybridized carbons (Fsp3) is 0.308. The zero-order valence-electron chi connectivity index (χ0n) is 26.3. The van der Waals surface area contributed by atoms with Gasteiger partial charge in [0.2, 0.25) is 0 Å². The molecule has 46 heavy (non-hydrogen) atoms. The zero-order chi connectivity index (χ0) is 32.1. The number of unbranched alkanes of at least 4 members (excludes halogenated alkanes) is 2. The molecule has 0 N–H and O–H groups in total. The van der Waals surface area contributed by atoms with Crippen LogP contribution in [0, 0.1) is 0 Å². The Bertz CT molecular complexity index is 1450. The lowest BCUT2D eigenvalue weighted by Gasteiger charge is -2.34. The normalized spacial score (nSPS) is 13.8. The van der Waals surface area contributed by atoms with Gasteiger partial charge in [0.05, 0.1) is 18.8 Å². The maximum Gasteiger partial charge on any atom is 0.196 e. The molecule has 1 fully saturated rings. The highest BCUT2D eigenvalue weighted by molar-refractivity contribution is 6.31. The number of ether oxygens (including phenoxy) is 2. The number of halogens is 2. The van der Waals surface area contributed by atoms with Gasteiger partial charge in [-0.05, 0) is 86.3 Å². The van der Waals surface area contributed by atoms with Crippen LogP contribution < -0.4 is 9.47 Å². The number of carbonyl (C=O) groups is 1. The summed E-state index contributed by atoms with van der Waals surface area (Å²) in [5.74, 6) is 1.33. The molecule has 7 heteroatoms. The second kappa shape index (κ2) is 17.3. The van der Waals surface area contributed by atoms with Crippen LogP contribution >= 0.6 is 23.2 Å². The third kappa shape index (κ3) is 9.70. The summed E-state index contributed by atoms with van der Waals surface area (Å²) in [6, 6.07) is 30.4. The first kappa shape index (κ1) is 33.7. The predicted molar refractivity (Wildman–Crippen MR) is 190 cm³/mol. The van der Waals surface area contributed by atoms with Crippen LogP contribution in [0.3, 0.4) is 0 Å². The first-order chi connectivity index (χ1) is 22.5. The summed E-state index contributed by atoms with van der Waals surface area (Å²) in [5, 5.41) is 1.20. The van der Waals surface area contributed by atoms with Crippen LogP contribution in [0.4, 0.5) is 0 Å². The van der Waals surface area contributed by atoms with Crippen molar-refractivity contribution in [3.8, 4) is 11.5 Å². The lowest BCUT2D eigenvalue weighted by atomic mass is 9.99. The van der Waals surface area contributed by atoms with E-state index < -0.39 is 0 Å². The van der Waals surface area contributed by atoms with Gasteiger partial charge in [0, 0.05) is 47.4 Å². The van der Waals surface area contributed by atoms with Gasteiger partial charge in [0.25, 0.3) is 0 Å². The van der Waals surface area contributed by atoms with Crippen LogP contribution in [0.25, 0.3) is 5.57 Å². The average molecular weight is 658 g/mol. The van der Waals surface area contributed by atoms with Crippen molar-refractivity contribution in [2.75, 3.05) is 52.5 Å². The van der Waals surface area contributed by atoms with Gasteiger partial charge in [-0.1, -0.05) is 90.4 Å². The molecule has 1 saturated heterocycles. The SMILES string of the molecule is C=C(c1ccccc1)c1cc(Cl)ccc1OCCCCN1CCN(CCCCOc2ccc(Cl)cc2C(=O)c2ccccc2)CC1. The van der Waals surface area contributed by atoms with Gasteiger partial charge < -0.3 is 19.3 Å². The molecular formula is C39H42Cl2N2O3. The minimum atomic E-state index is -0.0793. The van der Waals surface area contributed by atoms with E-state index in [1.54, 1.807) is 18.2 Å². The van der Waals surface area contributed by atoms with Crippen LogP contribution in [0.2, 0.25) is 10.0 Å². The minimum absolute atomic E-state index is 0.0793.